The molecular weight excluding hydrogens is 411 g/mol. The lowest BCUT2D eigenvalue weighted by atomic mass is 10.0. The van der Waals surface area contributed by atoms with Gasteiger partial charge in [0.1, 0.15) is 0 Å². The fraction of sp³-hybridized carbons (Fsp3) is 0.333. The number of alkyl halides is 3. The number of rotatable bonds is 5. The van der Waals surface area contributed by atoms with E-state index in [1.54, 1.807) is 11.0 Å². The normalized spacial score (nSPS) is 16.6. The first-order valence-electron chi connectivity index (χ1n) is 9.59. The van der Waals surface area contributed by atoms with Crippen molar-refractivity contribution in [2.75, 3.05) is 31.1 Å². The van der Waals surface area contributed by atoms with E-state index >= 15 is 0 Å². The minimum Gasteiger partial charge on any atom is -0.375 e. The average molecular weight is 436 g/mol. The van der Waals surface area contributed by atoms with E-state index in [0.717, 1.165) is 6.07 Å². The fourth-order valence-corrected chi connectivity index (χ4v) is 3.65. The summed E-state index contributed by atoms with van der Waals surface area (Å²) >= 11 is 4.62. The number of halogens is 3. The molecule has 1 aliphatic rings. The maximum Gasteiger partial charge on any atom is 0.418 e. The molecule has 1 atom stereocenters. The maximum absolute atomic E-state index is 13.7. The predicted molar refractivity (Wildman–Crippen MR) is 118 cm³/mol. The number of nitrogens with two attached hydrogens (primary N) is 1. The number of nitrogens with zero attached hydrogens (tertiary/aromatic N) is 3. The topological polar surface area (TPSA) is 56.9 Å². The van der Waals surface area contributed by atoms with Gasteiger partial charge < -0.3 is 10.6 Å². The van der Waals surface area contributed by atoms with E-state index in [4.69, 9.17) is 5.73 Å². The summed E-state index contributed by atoms with van der Waals surface area (Å²) in [5.41, 5.74) is 8.63. The van der Waals surface area contributed by atoms with Gasteiger partial charge in [-0.25, -0.2) is 0 Å². The summed E-state index contributed by atoms with van der Waals surface area (Å²) in [4.78, 5) is 4.09. The molecule has 1 unspecified atom stereocenters. The van der Waals surface area contributed by atoms with Crippen LogP contribution in [0.15, 0.2) is 53.6 Å². The molecule has 3 N–H and O–H groups in total. The van der Waals surface area contributed by atoms with Crippen LogP contribution in [0.1, 0.15) is 29.7 Å². The van der Waals surface area contributed by atoms with Crippen LogP contribution in [-0.4, -0.2) is 42.4 Å². The van der Waals surface area contributed by atoms with Gasteiger partial charge in [0, 0.05) is 37.9 Å². The van der Waals surface area contributed by atoms with E-state index in [-0.39, 0.29) is 16.8 Å². The van der Waals surface area contributed by atoms with E-state index in [9.17, 15) is 13.2 Å². The number of thiocarbonyl (C=S) groups is 1. The molecule has 9 heteroatoms. The van der Waals surface area contributed by atoms with Crippen LogP contribution in [0.25, 0.3) is 0 Å². The zero-order valence-corrected chi connectivity index (χ0v) is 17.4. The van der Waals surface area contributed by atoms with Crippen molar-refractivity contribution < 1.29 is 13.2 Å². The smallest absolute Gasteiger partial charge is 0.375 e. The molecule has 0 aliphatic carbocycles. The summed E-state index contributed by atoms with van der Waals surface area (Å²) in [5.74, 6) is 0. The van der Waals surface area contributed by atoms with Crippen LogP contribution in [0.2, 0.25) is 0 Å². The van der Waals surface area contributed by atoms with Gasteiger partial charge >= 0.3 is 6.18 Å². The van der Waals surface area contributed by atoms with Crippen LogP contribution in [0.5, 0.6) is 0 Å². The molecule has 3 rings (SSSR count). The molecule has 2 aromatic rings. The standard InChI is InChI=1S/C21H24F3N5S/c1-15(17-5-3-2-4-6-17)28-9-11-29(12-10-28)19-8-7-16(14-26-27-20(25)30)13-18(19)21(22,23)24/h2-8,13-15H,9-12H2,1H3,(H3,25,27,30). The Morgan fingerprint density at radius 1 is 1.13 bits per heavy atom. The molecule has 0 amide bonds. The fourth-order valence-electron chi connectivity index (χ4n) is 3.60. The van der Waals surface area contributed by atoms with Gasteiger partial charge in [0.05, 0.1) is 11.8 Å². The van der Waals surface area contributed by atoms with E-state index in [1.165, 1.54) is 17.8 Å². The Morgan fingerprint density at radius 3 is 2.40 bits per heavy atom. The molecule has 0 aromatic heterocycles. The Bertz CT molecular complexity index is 893. The Labute approximate surface area is 179 Å². The van der Waals surface area contributed by atoms with Gasteiger partial charge in [-0.1, -0.05) is 36.4 Å². The molecule has 0 saturated carbocycles. The van der Waals surface area contributed by atoms with Gasteiger partial charge in [0.15, 0.2) is 5.11 Å². The van der Waals surface area contributed by atoms with E-state index in [0.29, 0.717) is 31.7 Å². The highest BCUT2D eigenvalue weighted by Gasteiger charge is 2.36. The lowest BCUT2D eigenvalue weighted by molar-refractivity contribution is -0.137. The van der Waals surface area contributed by atoms with Gasteiger partial charge in [0.25, 0.3) is 0 Å². The first-order chi connectivity index (χ1) is 14.3. The number of nitrogens with one attached hydrogen (secondary N) is 1. The highest BCUT2D eigenvalue weighted by molar-refractivity contribution is 7.80. The Hall–Kier alpha value is -2.65. The summed E-state index contributed by atoms with van der Waals surface area (Å²) in [5, 5.41) is 3.68. The number of anilines is 1. The molecule has 1 heterocycles. The van der Waals surface area contributed by atoms with Crippen molar-refractivity contribution in [1.82, 2.24) is 10.3 Å². The summed E-state index contributed by atoms with van der Waals surface area (Å²) in [6.45, 7) is 4.55. The van der Waals surface area contributed by atoms with E-state index in [1.807, 2.05) is 18.2 Å². The van der Waals surface area contributed by atoms with Crippen LogP contribution < -0.4 is 16.1 Å². The average Bonchev–Trinajstić information content (AvgIpc) is 2.73. The molecule has 0 spiro atoms. The first-order valence-corrected chi connectivity index (χ1v) is 10.00. The van der Waals surface area contributed by atoms with Gasteiger partial charge in [0.2, 0.25) is 0 Å². The quantitative estimate of drug-likeness (QED) is 0.426. The number of piperazine rings is 1. The Kier molecular flexibility index (Phi) is 6.94. The van der Waals surface area contributed by atoms with E-state index < -0.39 is 11.7 Å². The van der Waals surface area contributed by atoms with Crippen LogP contribution >= 0.6 is 12.2 Å². The van der Waals surface area contributed by atoms with E-state index in [2.05, 4.69) is 46.7 Å². The molecule has 1 fully saturated rings. The molecule has 30 heavy (non-hydrogen) atoms. The Morgan fingerprint density at radius 2 is 1.80 bits per heavy atom. The number of benzene rings is 2. The number of hydrogen-bond acceptors (Lipinski definition) is 4. The second kappa shape index (κ2) is 9.44. The molecule has 0 bridgehead atoms. The largest absolute Gasteiger partial charge is 0.418 e. The summed E-state index contributed by atoms with van der Waals surface area (Å²) < 4.78 is 41.2. The van der Waals surface area contributed by atoms with Crippen LogP contribution in [-0.2, 0) is 6.18 Å². The van der Waals surface area contributed by atoms with Gasteiger partial charge in [-0.2, -0.15) is 18.3 Å². The zero-order valence-electron chi connectivity index (χ0n) is 16.6. The third-order valence-corrected chi connectivity index (χ3v) is 5.29. The number of hydrazone groups is 1. The maximum atomic E-state index is 13.7. The third kappa shape index (κ3) is 5.48. The predicted octanol–water partition coefficient (Wildman–Crippen LogP) is 3.76. The molecule has 160 valence electrons. The third-order valence-electron chi connectivity index (χ3n) is 5.20. The van der Waals surface area contributed by atoms with Gasteiger partial charge in [-0.05, 0) is 42.4 Å². The zero-order chi connectivity index (χ0) is 21.7. The SMILES string of the molecule is CC(c1ccccc1)N1CCN(c2ccc(C=NNC(N)=S)cc2C(F)(F)F)CC1. The van der Waals surface area contributed by atoms with Crippen LogP contribution in [0.3, 0.4) is 0 Å². The molecule has 5 nitrogen and oxygen atoms in total. The van der Waals surface area contributed by atoms with Crippen molar-refractivity contribution in [1.29, 1.82) is 0 Å². The van der Waals surface area contributed by atoms with Gasteiger partial charge in [-0.3, -0.25) is 10.3 Å². The minimum atomic E-state index is -4.47. The second-order valence-electron chi connectivity index (χ2n) is 7.12. The monoisotopic (exact) mass is 435 g/mol. The second-order valence-corrected chi connectivity index (χ2v) is 7.56. The lowest BCUT2D eigenvalue weighted by Crippen LogP contribution is -2.47. The van der Waals surface area contributed by atoms with Crippen molar-refractivity contribution >= 4 is 29.2 Å². The van der Waals surface area contributed by atoms with Crippen molar-refractivity contribution in [3.8, 4) is 0 Å². The summed E-state index contributed by atoms with van der Waals surface area (Å²) in [6, 6.07) is 14.5. The summed E-state index contributed by atoms with van der Waals surface area (Å²) in [7, 11) is 0. The molecule has 2 aromatic carbocycles. The molecular formula is C21H24F3N5S. The van der Waals surface area contributed by atoms with Crippen molar-refractivity contribution in [2.24, 2.45) is 10.8 Å². The highest BCUT2D eigenvalue weighted by atomic mass is 32.1. The van der Waals surface area contributed by atoms with Crippen molar-refractivity contribution in [2.45, 2.75) is 19.1 Å². The molecule has 1 aliphatic heterocycles. The van der Waals surface area contributed by atoms with Crippen molar-refractivity contribution in [3.05, 3.63) is 65.2 Å². The Balaban J connectivity index is 1.74. The molecule has 1 saturated heterocycles. The first kappa shape index (κ1) is 22.0. The lowest BCUT2D eigenvalue weighted by Gasteiger charge is -2.40. The molecule has 0 radical (unpaired) electrons. The van der Waals surface area contributed by atoms with Crippen molar-refractivity contribution in [3.63, 3.8) is 0 Å². The van der Waals surface area contributed by atoms with Crippen LogP contribution in [0.4, 0.5) is 18.9 Å². The van der Waals surface area contributed by atoms with Crippen LogP contribution in [0, 0.1) is 0 Å². The number of hydrogen-bond donors (Lipinski definition) is 2. The highest BCUT2D eigenvalue weighted by Crippen LogP contribution is 2.37. The van der Waals surface area contributed by atoms with Gasteiger partial charge in [-0.15, -0.1) is 0 Å². The minimum absolute atomic E-state index is 0.0542. The summed E-state index contributed by atoms with van der Waals surface area (Å²) in [6.07, 6.45) is -3.21.